The van der Waals surface area contributed by atoms with E-state index in [9.17, 15) is 18.3 Å². The zero-order valence-electron chi connectivity index (χ0n) is 21.6. The maximum atomic E-state index is 12.0. The average molecular weight is 550 g/mol. The SMILES string of the molecule is Cc1sc2c(c1C)C(c1ccc(Nc3cccc(S(C)(=O)=O)c3)cc1)=N[C@@H](C(C)C(=O)O)c1nnc(C)n1-2. The van der Waals surface area contributed by atoms with E-state index in [1.807, 2.05) is 42.7 Å². The number of benzene rings is 2. The molecule has 2 aromatic heterocycles. The van der Waals surface area contributed by atoms with Gasteiger partial charge in [-0.05, 0) is 63.6 Å². The number of fused-ring (bicyclic) bond motifs is 3. The van der Waals surface area contributed by atoms with Crippen LogP contribution in [0.3, 0.4) is 0 Å². The second-order valence-corrected chi connectivity index (χ2v) is 12.7. The fourth-order valence-electron chi connectivity index (χ4n) is 4.50. The van der Waals surface area contributed by atoms with Crippen molar-refractivity contribution in [3.8, 4) is 5.00 Å². The van der Waals surface area contributed by atoms with Crippen molar-refractivity contribution in [2.24, 2.45) is 10.9 Å². The summed E-state index contributed by atoms with van der Waals surface area (Å²) in [6.07, 6.45) is 1.18. The van der Waals surface area contributed by atoms with Crippen molar-refractivity contribution in [3.05, 3.63) is 81.7 Å². The van der Waals surface area contributed by atoms with Gasteiger partial charge in [-0.25, -0.2) is 8.42 Å². The van der Waals surface area contributed by atoms with Gasteiger partial charge in [0.1, 0.15) is 16.9 Å². The number of aryl methyl sites for hydroxylation is 2. The molecule has 1 aliphatic rings. The molecule has 4 aromatic rings. The van der Waals surface area contributed by atoms with Crippen LogP contribution in [0.1, 0.15) is 46.2 Å². The van der Waals surface area contributed by atoms with Crippen molar-refractivity contribution < 1.29 is 18.3 Å². The first kappa shape index (κ1) is 25.8. The molecule has 0 saturated carbocycles. The number of anilines is 2. The standard InChI is InChI=1S/C27H27N5O4S2/c1-14-16(3)37-26-22(14)24(29-23(15(2)27(33)34)25-31-30-17(4)32(25)26)18-9-11-19(12-10-18)28-20-7-6-8-21(13-20)38(5,35)36/h6-13,15,23,28H,1-5H3,(H,33,34)/t15?,23-/m0/s1. The highest BCUT2D eigenvalue weighted by Crippen LogP contribution is 2.40. The van der Waals surface area contributed by atoms with Gasteiger partial charge in [-0.2, -0.15) is 0 Å². The molecule has 0 bridgehead atoms. The van der Waals surface area contributed by atoms with Crippen LogP contribution in [0.25, 0.3) is 5.00 Å². The van der Waals surface area contributed by atoms with Crippen molar-refractivity contribution in [3.63, 3.8) is 0 Å². The Bertz CT molecular complexity index is 1700. The molecule has 9 nitrogen and oxygen atoms in total. The Kier molecular flexibility index (Phi) is 6.44. The Morgan fingerprint density at radius 1 is 1.08 bits per heavy atom. The maximum absolute atomic E-state index is 12.0. The van der Waals surface area contributed by atoms with E-state index in [-0.39, 0.29) is 4.90 Å². The number of hydrogen-bond donors (Lipinski definition) is 2. The molecular formula is C27H27N5O4S2. The van der Waals surface area contributed by atoms with Gasteiger partial charge in [0.25, 0.3) is 0 Å². The average Bonchev–Trinajstić information content (AvgIpc) is 3.33. The van der Waals surface area contributed by atoms with Crippen LogP contribution < -0.4 is 5.32 Å². The van der Waals surface area contributed by atoms with E-state index in [0.717, 1.165) is 32.3 Å². The van der Waals surface area contributed by atoms with Crippen LogP contribution in [-0.4, -0.2) is 46.2 Å². The molecule has 196 valence electrons. The zero-order valence-corrected chi connectivity index (χ0v) is 23.2. The number of aliphatic imine (C=N–C) groups is 1. The molecule has 2 atom stereocenters. The summed E-state index contributed by atoms with van der Waals surface area (Å²) in [6.45, 7) is 7.60. The first-order valence-corrected chi connectivity index (χ1v) is 14.7. The first-order chi connectivity index (χ1) is 18.0. The molecule has 38 heavy (non-hydrogen) atoms. The predicted octanol–water partition coefficient (Wildman–Crippen LogP) is 5.01. The molecule has 5 rings (SSSR count). The maximum Gasteiger partial charge on any atom is 0.308 e. The quantitative estimate of drug-likeness (QED) is 0.346. The smallest absolute Gasteiger partial charge is 0.308 e. The van der Waals surface area contributed by atoms with E-state index >= 15 is 0 Å². The summed E-state index contributed by atoms with van der Waals surface area (Å²) in [5.41, 5.74) is 4.99. The number of nitrogens with zero attached hydrogens (tertiary/aromatic N) is 4. The van der Waals surface area contributed by atoms with Crippen LogP contribution >= 0.6 is 11.3 Å². The lowest BCUT2D eigenvalue weighted by Crippen LogP contribution is -2.21. The van der Waals surface area contributed by atoms with Crippen LogP contribution in [0.5, 0.6) is 0 Å². The number of rotatable bonds is 6. The Morgan fingerprint density at radius 3 is 2.45 bits per heavy atom. The van der Waals surface area contributed by atoms with E-state index in [4.69, 9.17) is 4.99 Å². The first-order valence-electron chi connectivity index (χ1n) is 12.0. The largest absolute Gasteiger partial charge is 0.481 e. The van der Waals surface area contributed by atoms with Crippen molar-refractivity contribution in [2.75, 3.05) is 11.6 Å². The molecule has 0 saturated heterocycles. The van der Waals surface area contributed by atoms with Crippen LogP contribution in [0.15, 0.2) is 58.4 Å². The number of nitrogens with one attached hydrogen (secondary N) is 1. The van der Waals surface area contributed by atoms with Gasteiger partial charge in [0.05, 0.1) is 16.5 Å². The number of thiophene rings is 1. The topological polar surface area (TPSA) is 127 Å². The molecule has 2 N–H and O–H groups in total. The van der Waals surface area contributed by atoms with Crippen molar-refractivity contribution >= 4 is 44.2 Å². The fourth-order valence-corrected chi connectivity index (χ4v) is 6.38. The van der Waals surface area contributed by atoms with E-state index in [1.54, 1.807) is 42.5 Å². The van der Waals surface area contributed by atoms with Crippen LogP contribution in [-0.2, 0) is 14.6 Å². The van der Waals surface area contributed by atoms with Gasteiger partial charge >= 0.3 is 5.97 Å². The van der Waals surface area contributed by atoms with E-state index < -0.39 is 27.8 Å². The monoisotopic (exact) mass is 549 g/mol. The second-order valence-electron chi connectivity index (χ2n) is 9.46. The fraction of sp³-hybridized carbons (Fsp3) is 0.259. The molecular weight excluding hydrogens is 522 g/mol. The molecule has 0 amide bonds. The number of carbonyl (C=O) groups is 1. The third kappa shape index (κ3) is 4.52. The number of carboxylic acid groups (broad SMARTS) is 1. The summed E-state index contributed by atoms with van der Waals surface area (Å²) >= 11 is 1.61. The lowest BCUT2D eigenvalue weighted by atomic mass is 9.98. The summed E-state index contributed by atoms with van der Waals surface area (Å²) in [4.78, 5) is 18.4. The minimum atomic E-state index is -3.32. The molecule has 3 heterocycles. The Labute approximate surface area is 224 Å². The Morgan fingerprint density at radius 2 is 1.79 bits per heavy atom. The van der Waals surface area contributed by atoms with Crippen molar-refractivity contribution in [2.45, 2.75) is 38.6 Å². The summed E-state index contributed by atoms with van der Waals surface area (Å²) < 4.78 is 25.8. The van der Waals surface area contributed by atoms with E-state index in [1.165, 1.54) is 6.26 Å². The van der Waals surface area contributed by atoms with Crippen molar-refractivity contribution in [1.82, 2.24) is 14.8 Å². The van der Waals surface area contributed by atoms with Gasteiger partial charge in [-0.1, -0.05) is 18.2 Å². The molecule has 0 fully saturated rings. The second kappa shape index (κ2) is 9.48. The molecule has 1 unspecified atom stereocenters. The van der Waals surface area contributed by atoms with Gasteiger partial charge in [0, 0.05) is 33.6 Å². The number of hydrogen-bond acceptors (Lipinski definition) is 8. The molecule has 2 aromatic carbocycles. The van der Waals surface area contributed by atoms with Crippen LogP contribution in [0.2, 0.25) is 0 Å². The highest BCUT2D eigenvalue weighted by atomic mass is 32.2. The minimum Gasteiger partial charge on any atom is -0.481 e. The Balaban J connectivity index is 1.59. The summed E-state index contributed by atoms with van der Waals surface area (Å²) in [7, 11) is -3.32. The van der Waals surface area contributed by atoms with Gasteiger partial charge in [-0.15, -0.1) is 21.5 Å². The Hall–Kier alpha value is -3.83. The number of carboxylic acids is 1. The number of aromatic nitrogens is 3. The van der Waals surface area contributed by atoms with Crippen LogP contribution in [0.4, 0.5) is 11.4 Å². The number of sulfone groups is 1. The molecule has 1 aliphatic heterocycles. The molecule has 0 aliphatic carbocycles. The normalized spacial score (nSPS) is 15.7. The van der Waals surface area contributed by atoms with Gasteiger partial charge < -0.3 is 10.4 Å². The lowest BCUT2D eigenvalue weighted by Gasteiger charge is -2.16. The summed E-state index contributed by atoms with van der Waals surface area (Å²) in [6, 6.07) is 13.6. The van der Waals surface area contributed by atoms with E-state index in [2.05, 4.69) is 22.4 Å². The number of aliphatic carboxylic acids is 1. The van der Waals surface area contributed by atoms with E-state index in [0.29, 0.717) is 23.0 Å². The van der Waals surface area contributed by atoms with Crippen LogP contribution in [0, 0.1) is 26.7 Å². The molecule has 0 radical (unpaired) electrons. The highest BCUT2D eigenvalue weighted by Gasteiger charge is 2.36. The summed E-state index contributed by atoms with van der Waals surface area (Å²) in [5.74, 6) is -0.582. The molecule has 0 spiro atoms. The lowest BCUT2D eigenvalue weighted by molar-refractivity contribution is -0.141. The van der Waals surface area contributed by atoms with Gasteiger partial charge in [-0.3, -0.25) is 14.4 Å². The summed E-state index contributed by atoms with van der Waals surface area (Å²) in [5, 5.41) is 22.6. The highest BCUT2D eigenvalue weighted by molar-refractivity contribution is 7.90. The van der Waals surface area contributed by atoms with Gasteiger partial charge in [0.2, 0.25) is 0 Å². The third-order valence-corrected chi connectivity index (χ3v) is 9.06. The van der Waals surface area contributed by atoms with Crippen molar-refractivity contribution in [1.29, 1.82) is 0 Å². The third-order valence-electron chi connectivity index (χ3n) is 6.76. The zero-order chi connectivity index (χ0) is 27.4. The predicted molar refractivity (Wildman–Crippen MR) is 148 cm³/mol. The van der Waals surface area contributed by atoms with Gasteiger partial charge in [0.15, 0.2) is 15.7 Å². The molecule has 11 heteroatoms. The minimum absolute atomic E-state index is 0.239.